The molecular weight excluding hydrogens is 397 g/mol. The molecule has 166 valence electrons. The molecule has 31 heavy (non-hydrogen) atoms. The van der Waals surface area contributed by atoms with Crippen molar-refractivity contribution in [3.05, 3.63) is 53.8 Å². The molecule has 2 heterocycles. The van der Waals surface area contributed by atoms with Crippen LogP contribution in [0.25, 0.3) is 0 Å². The number of oxime groups is 1. The average molecular weight is 428 g/mol. The lowest BCUT2D eigenvalue weighted by Crippen LogP contribution is -2.47. The zero-order valence-corrected chi connectivity index (χ0v) is 18.2. The van der Waals surface area contributed by atoms with E-state index in [1.165, 1.54) is 13.2 Å². The highest BCUT2D eigenvalue weighted by Gasteiger charge is 2.25. The van der Waals surface area contributed by atoms with Gasteiger partial charge in [-0.3, -0.25) is 4.90 Å². The second-order valence-electron chi connectivity index (χ2n) is 7.91. The Morgan fingerprint density at radius 2 is 1.84 bits per heavy atom. The molecule has 1 saturated heterocycles. The molecule has 4 rings (SSSR count). The van der Waals surface area contributed by atoms with Crippen LogP contribution >= 0.6 is 0 Å². The number of piperazine rings is 1. The Morgan fingerprint density at radius 3 is 2.61 bits per heavy atom. The van der Waals surface area contributed by atoms with Crippen LogP contribution in [0, 0.1) is 5.82 Å². The van der Waals surface area contributed by atoms with E-state index in [4.69, 9.17) is 14.3 Å². The smallest absolute Gasteiger partial charge is 0.184 e. The van der Waals surface area contributed by atoms with Crippen molar-refractivity contribution in [1.29, 1.82) is 0 Å². The highest BCUT2D eigenvalue weighted by Crippen LogP contribution is 2.39. The van der Waals surface area contributed by atoms with Crippen LogP contribution in [0.4, 0.5) is 10.1 Å². The Bertz CT molecular complexity index is 913. The van der Waals surface area contributed by atoms with Crippen LogP contribution in [0.1, 0.15) is 24.8 Å². The highest BCUT2D eigenvalue weighted by molar-refractivity contribution is 5.88. The van der Waals surface area contributed by atoms with E-state index in [0.717, 1.165) is 62.0 Å². The molecule has 1 fully saturated rings. The van der Waals surface area contributed by atoms with Crippen molar-refractivity contribution in [3.63, 3.8) is 0 Å². The Balaban J connectivity index is 1.38. The van der Waals surface area contributed by atoms with Crippen LogP contribution < -0.4 is 14.4 Å². The van der Waals surface area contributed by atoms with E-state index in [-0.39, 0.29) is 11.7 Å². The lowest BCUT2D eigenvalue weighted by atomic mass is 9.91. The summed E-state index contributed by atoms with van der Waals surface area (Å²) in [5.74, 6) is 1.38. The number of rotatable bonds is 7. The second kappa shape index (κ2) is 10.0. The lowest BCUT2D eigenvalue weighted by molar-refractivity contribution is 0.171. The van der Waals surface area contributed by atoms with E-state index < -0.39 is 0 Å². The minimum atomic E-state index is -0.195. The summed E-state index contributed by atoms with van der Waals surface area (Å²) < 4.78 is 26.0. The molecule has 6 nitrogen and oxygen atoms in total. The number of hydrogen-bond donors (Lipinski definition) is 0. The van der Waals surface area contributed by atoms with Crippen LogP contribution in [0.15, 0.2) is 47.6 Å². The summed E-state index contributed by atoms with van der Waals surface area (Å²) >= 11 is 0. The minimum absolute atomic E-state index is 0.106. The average Bonchev–Trinajstić information content (AvgIpc) is 2.80. The Labute approximate surface area is 183 Å². The summed E-state index contributed by atoms with van der Waals surface area (Å²) in [7, 11) is 1.53. The third-order valence-corrected chi connectivity index (χ3v) is 6.01. The number of nitrogens with zero attached hydrogens (tertiary/aromatic N) is 3. The first-order valence-corrected chi connectivity index (χ1v) is 10.9. The highest BCUT2D eigenvalue weighted by atomic mass is 19.1. The molecule has 0 aliphatic carbocycles. The van der Waals surface area contributed by atoms with Crippen molar-refractivity contribution in [2.24, 2.45) is 5.16 Å². The quantitative estimate of drug-likeness (QED) is 0.495. The molecule has 2 aliphatic heterocycles. The number of hydrogen-bond acceptors (Lipinski definition) is 6. The topological polar surface area (TPSA) is 46.5 Å². The molecular formula is C24H30FN3O3. The number of anilines is 1. The van der Waals surface area contributed by atoms with Gasteiger partial charge in [0.1, 0.15) is 26.1 Å². The van der Waals surface area contributed by atoms with Gasteiger partial charge in [-0.05, 0) is 43.7 Å². The van der Waals surface area contributed by atoms with Gasteiger partial charge in [-0.2, -0.15) is 0 Å². The van der Waals surface area contributed by atoms with Crippen molar-refractivity contribution in [2.75, 3.05) is 57.9 Å². The van der Waals surface area contributed by atoms with Crippen LogP contribution in [-0.4, -0.2) is 63.7 Å². The van der Waals surface area contributed by atoms with E-state index in [1.807, 2.05) is 31.2 Å². The summed E-state index contributed by atoms with van der Waals surface area (Å²) in [4.78, 5) is 9.75. The van der Waals surface area contributed by atoms with Crippen molar-refractivity contribution in [2.45, 2.75) is 19.3 Å². The summed E-state index contributed by atoms with van der Waals surface area (Å²) in [6.07, 6.45) is 0.789. The van der Waals surface area contributed by atoms with E-state index in [1.54, 1.807) is 6.07 Å². The fourth-order valence-corrected chi connectivity index (χ4v) is 4.39. The number of benzene rings is 2. The van der Waals surface area contributed by atoms with Gasteiger partial charge in [0.2, 0.25) is 0 Å². The van der Waals surface area contributed by atoms with Gasteiger partial charge in [-0.1, -0.05) is 29.4 Å². The van der Waals surface area contributed by atoms with Gasteiger partial charge >= 0.3 is 0 Å². The fraction of sp³-hybridized carbons (Fsp3) is 0.458. The Kier molecular flexibility index (Phi) is 6.92. The molecule has 1 atom stereocenters. The predicted octanol–water partition coefficient (Wildman–Crippen LogP) is 3.92. The Morgan fingerprint density at radius 1 is 1.06 bits per heavy atom. The van der Waals surface area contributed by atoms with E-state index in [2.05, 4.69) is 21.0 Å². The first-order valence-electron chi connectivity index (χ1n) is 10.9. The zero-order valence-electron chi connectivity index (χ0n) is 18.2. The van der Waals surface area contributed by atoms with Crippen LogP contribution in [-0.2, 0) is 4.84 Å². The summed E-state index contributed by atoms with van der Waals surface area (Å²) in [6.45, 7) is 7.66. The third kappa shape index (κ3) is 4.93. The number of ether oxygens (including phenoxy) is 2. The molecule has 0 bridgehead atoms. The van der Waals surface area contributed by atoms with E-state index in [9.17, 15) is 4.39 Å². The number of para-hydroxylation sites is 1. The molecule has 0 amide bonds. The summed E-state index contributed by atoms with van der Waals surface area (Å²) in [6, 6.07) is 13.0. The van der Waals surface area contributed by atoms with Crippen LogP contribution in [0.5, 0.6) is 11.5 Å². The van der Waals surface area contributed by atoms with Gasteiger partial charge in [0.05, 0.1) is 11.4 Å². The number of halogens is 1. The molecule has 2 aromatic rings. The predicted molar refractivity (Wildman–Crippen MR) is 120 cm³/mol. The fourth-order valence-electron chi connectivity index (χ4n) is 4.39. The Hall–Kier alpha value is -2.80. The lowest BCUT2D eigenvalue weighted by Gasteiger charge is -2.37. The maximum absolute atomic E-state index is 14.4. The molecule has 1 unspecified atom stereocenters. The van der Waals surface area contributed by atoms with Crippen molar-refractivity contribution in [1.82, 2.24) is 4.90 Å². The molecule has 0 radical (unpaired) electrons. The molecule has 0 N–H and O–H groups in total. The summed E-state index contributed by atoms with van der Waals surface area (Å²) in [5.41, 5.74) is 2.57. The van der Waals surface area contributed by atoms with Gasteiger partial charge < -0.3 is 19.2 Å². The third-order valence-electron chi connectivity index (χ3n) is 6.01. The van der Waals surface area contributed by atoms with Gasteiger partial charge in [0, 0.05) is 32.1 Å². The van der Waals surface area contributed by atoms with Gasteiger partial charge in [0.25, 0.3) is 0 Å². The van der Waals surface area contributed by atoms with Gasteiger partial charge in [0.15, 0.2) is 11.5 Å². The summed E-state index contributed by atoms with van der Waals surface area (Å²) in [5, 5.41) is 4.10. The van der Waals surface area contributed by atoms with E-state index in [0.29, 0.717) is 18.8 Å². The molecule has 0 aromatic heterocycles. The first-order chi connectivity index (χ1) is 15.2. The maximum atomic E-state index is 14.4. The monoisotopic (exact) mass is 427 g/mol. The normalized spacial score (nSPS) is 18.0. The standard InChI is InChI=1S/C24H30FN3O3/c1-18(26-29-2)19(20-6-3-4-7-21(20)25)10-11-27-12-14-28(15-13-27)22-8-5-9-23-24(22)31-17-16-30-23/h3-9,19H,10-17H2,1-2H3/b26-18+. The molecule has 2 aromatic carbocycles. The van der Waals surface area contributed by atoms with Crippen LogP contribution in [0.2, 0.25) is 0 Å². The zero-order chi connectivity index (χ0) is 21.6. The van der Waals surface area contributed by atoms with Gasteiger partial charge in [-0.15, -0.1) is 0 Å². The number of fused-ring (bicyclic) bond motifs is 1. The van der Waals surface area contributed by atoms with Crippen molar-refractivity contribution < 1.29 is 18.7 Å². The van der Waals surface area contributed by atoms with Gasteiger partial charge in [-0.25, -0.2) is 4.39 Å². The molecule has 7 heteroatoms. The maximum Gasteiger partial charge on any atom is 0.184 e. The van der Waals surface area contributed by atoms with E-state index >= 15 is 0 Å². The van der Waals surface area contributed by atoms with Crippen LogP contribution in [0.3, 0.4) is 0 Å². The largest absolute Gasteiger partial charge is 0.486 e. The second-order valence-corrected chi connectivity index (χ2v) is 7.91. The molecule has 2 aliphatic rings. The molecule has 0 saturated carbocycles. The molecule has 0 spiro atoms. The minimum Gasteiger partial charge on any atom is -0.486 e. The van der Waals surface area contributed by atoms with Crippen molar-refractivity contribution in [3.8, 4) is 11.5 Å². The van der Waals surface area contributed by atoms with Crippen molar-refractivity contribution >= 4 is 11.4 Å². The first kappa shape index (κ1) is 21.4. The SMILES string of the molecule is CO/N=C(\C)C(CCN1CCN(c2cccc3c2OCCO3)CC1)c1ccccc1F.